The van der Waals surface area contributed by atoms with Crippen LogP contribution in [0.2, 0.25) is 0 Å². The zero-order valence-electron chi connectivity index (χ0n) is 9.39. The van der Waals surface area contributed by atoms with E-state index in [2.05, 4.69) is 22.1 Å². The third-order valence-electron chi connectivity index (χ3n) is 2.86. The Morgan fingerprint density at radius 2 is 1.94 bits per heavy atom. The lowest BCUT2D eigenvalue weighted by Crippen LogP contribution is -2.06. The van der Waals surface area contributed by atoms with Gasteiger partial charge in [0.1, 0.15) is 11.6 Å². The maximum Gasteiger partial charge on any atom is 0.135 e. The number of benzene rings is 1. The van der Waals surface area contributed by atoms with Crippen LogP contribution < -0.4 is 5.73 Å². The standard InChI is InChI=1S/C13H13N3S/c14-13-10-7-17-8-11(10)15-12(16-13)6-9-4-2-1-3-5-9/h1-5H,6-8H2,(H2,14,15,16). The van der Waals surface area contributed by atoms with Crippen LogP contribution in [0.4, 0.5) is 5.82 Å². The van der Waals surface area contributed by atoms with Gasteiger partial charge >= 0.3 is 0 Å². The second-order valence-electron chi connectivity index (χ2n) is 4.11. The molecule has 3 rings (SSSR count). The molecular weight excluding hydrogens is 230 g/mol. The van der Waals surface area contributed by atoms with Crippen molar-refractivity contribution in [1.82, 2.24) is 9.97 Å². The van der Waals surface area contributed by atoms with Gasteiger partial charge in [-0.2, -0.15) is 11.8 Å². The van der Waals surface area contributed by atoms with E-state index in [1.165, 1.54) is 5.56 Å². The van der Waals surface area contributed by atoms with Crippen LogP contribution in [0.15, 0.2) is 30.3 Å². The molecule has 2 heterocycles. The molecule has 3 nitrogen and oxygen atoms in total. The van der Waals surface area contributed by atoms with Crippen molar-refractivity contribution >= 4 is 17.6 Å². The zero-order valence-corrected chi connectivity index (χ0v) is 10.2. The third-order valence-corrected chi connectivity index (χ3v) is 3.83. The highest BCUT2D eigenvalue weighted by atomic mass is 32.2. The molecule has 1 aliphatic heterocycles. The van der Waals surface area contributed by atoms with E-state index in [4.69, 9.17) is 5.73 Å². The van der Waals surface area contributed by atoms with E-state index < -0.39 is 0 Å². The molecule has 0 unspecified atom stereocenters. The summed E-state index contributed by atoms with van der Waals surface area (Å²) in [5.41, 5.74) is 9.43. The monoisotopic (exact) mass is 243 g/mol. The Labute approximate surface area is 104 Å². The first kappa shape index (κ1) is 10.6. The molecule has 2 N–H and O–H groups in total. The molecular formula is C13H13N3S. The Morgan fingerprint density at radius 3 is 2.76 bits per heavy atom. The number of nitrogens with zero attached hydrogens (tertiary/aromatic N) is 2. The number of nitrogen functional groups attached to an aromatic ring is 1. The highest BCUT2D eigenvalue weighted by molar-refractivity contribution is 7.98. The minimum atomic E-state index is 0.658. The summed E-state index contributed by atoms with van der Waals surface area (Å²) in [6.45, 7) is 0. The number of nitrogens with two attached hydrogens (primary N) is 1. The Bertz CT molecular complexity index is 540. The van der Waals surface area contributed by atoms with Crippen molar-refractivity contribution in [2.45, 2.75) is 17.9 Å². The van der Waals surface area contributed by atoms with Crippen LogP contribution in [-0.2, 0) is 17.9 Å². The molecule has 1 aromatic carbocycles. The van der Waals surface area contributed by atoms with Gasteiger partial charge in [0.05, 0.1) is 5.69 Å². The predicted molar refractivity (Wildman–Crippen MR) is 70.7 cm³/mol. The number of aromatic nitrogens is 2. The fourth-order valence-electron chi connectivity index (χ4n) is 1.99. The zero-order chi connectivity index (χ0) is 11.7. The van der Waals surface area contributed by atoms with E-state index in [-0.39, 0.29) is 0 Å². The summed E-state index contributed by atoms with van der Waals surface area (Å²) >= 11 is 1.85. The fourth-order valence-corrected chi connectivity index (χ4v) is 3.04. The summed E-state index contributed by atoms with van der Waals surface area (Å²) in [5.74, 6) is 3.40. The molecule has 4 heteroatoms. The number of hydrogen-bond acceptors (Lipinski definition) is 4. The average Bonchev–Trinajstić information content (AvgIpc) is 2.79. The minimum absolute atomic E-state index is 0.658. The second-order valence-corrected chi connectivity index (χ2v) is 5.09. The molecule has 86 valence electrons. The normalized spacial score (nSPS) is 13.6. The first-order valence-corrected chi connectivity index (χ1v) is 6.74. The van der Waals surface area contributed by atoms with Crippen LogP contribution in [0.25, 0.3) is 0 Å². The molecule has 0 fully saturated rings. The molecule has 0 atom stereocenters. The maximum atomic E-state index is 5.96. The SMILES string of the molecule is Nc1nc(Cc2ccccc2)nc2c1CSC2. The van der Waals surface area contributed by atoms with Gasteiger partial charge in [-0.3, -0.25) is 0 Å². The molecule has 1 aromatic heterocycles. The summed E-state index contributed by atoms with van der Waals surface area (Å²) in [5, 5.41) is 0. The molecule has 17 heavy (non-hydrogen) atoms. The van der Waals surface area contributed by atoms with Crippen LogP contribution >= 0.6 is 11.8 Å². The summed E-state index contributed by atoms with van der Waals surface area (Å²) in [7, 11) is 0. The lowest BCUT2D eigenvalue weighted by Gasteiger charge is -2.06. The third kappa shape index (κ3) is 2.13. The highest BCUT2D eigenvalue weighted by Crippen LogP contribution is 2.31. The molecule has 0 saturated heterocycles. The Balaban J connectivity index is 1.92. The van der Waals surface area contributed by atoms with Crippen molar-refractivity contribution in [3.05, 3.63) is 53.0 Å². The van der Waals surface area contributed by atoms with Crippen molar-refractivity contribution in [3.8, 4) is 0 Å². The Hall–Kier alpha value is -1.55. The number of fused-ring (bicyclic) bond motifs is 1. The molecule has 0 spiro atoms. The van der Waals surface area contributed by atoms with E-state index in [1.807, 2.05) is 30.0 Å². The second kappa shape index (κ2) is 4.37. The molecule has 0 radical (unpaired) electrons. The summed E-state index contributed by atoms with van der Waals surface area (Å²) in [6.07, 6.45) is 0.753. The number of hydrogen-bond donors (Lipinski definition) is 1. The summed E-state index contributed by atoms with van der Waals surface area (Å²) in [4.78, 5) is 8.99. The van der Waals surface area contributed by atoms with E-state index in [0.717, 1.165) is 35.0 Å². The van der Waals surface area contributed by atoms with E-state index >= 15 is 0 Å². The van der Waals surface area contributed by atoms with E-state index in [9.17, 15) is 0 Å². The average molecular weight is 243 g/mol. The lowest BCUT2D eigenvalue weighted by atomic mass is 10.1. The molecule has 1 aliphatic rings. The van der Waals surface area contributed by atoms with Gasteiger partial charge in [-0.25, -0.2) is 9.97 Å². The van der Waals surface area contributed by atoms with E-state index in [0.29, 0.717) is 5.82 Å². The number of thioether (sulfide) groups is 1. The molecule has 0 amide bonds. The van der Waals surface area contributed by atoms with Crippen LogP contribution in [0.3, 0.4) is 0 Å². The summed E-state index contributed by atoms with van der Waals surface area (Å²) < 4.78 is 0. The van der Waals surface area contributed by atoms with Crippen LogP contribution in [0.1, 0.15) is 22.6 Å². The predicted octanol–water partition coefficient (Wildman–Crippen LogP) is 2.40. The highest BCUT2D eigenvalue weighted by Gasteiger charge is 2.17. The first-order valence-electron chi connectivity index (χ1n) is 5.59. The number of rotatable bonds is 2. The van der Waals surface area contributed by atoms with Gasteiger partial charge < -0.3 is 5.73 Å². The fraction of sp³-hybridized carbons (Fsp3) is 0.231. The van der Waals surface area contributed by atoms with Crippen LogP contribution in [0, 0.1) is 0 Å². The topological polar surface area (TPSA) is 51.8 Å². The first-order chi connectivity index (χ1) is 8.33. The maximum absolute atomic E-state index is 5.96. The molecule has 0 bridgehead atoms. The van der Waals surface area contributed by atoms with Crippen LogP contribution in [0.5, 0.6) is 0 Å². The lowest BCUT2D eigenvalue weighted by molar-refractivity contribution is 0.934. The van der Waals surface area contributed by atoms with Gasteiger partial charge in [-0.05, 0) is 5.56 Å². The number of anilines is 1. The Morgan fingerprint density at radius 1 is 1.12 bits per heavy atom. The Kier molecular flexibility index (Phi) is 2.73. The van der Waals surface area contributed by atoms with Gasteiger partial charge in [0, 0.05) is 23.5 Å². The molecule has 2 aromatic rings. The van der Waals surface area contributed by atoms with Crippen molar-refractivity contribution in [2.75, 3.05) is 5.73 Å². The quantitative estimate of drug-likeness (QED) is 0.880. The van der Waals surface area contributed by atoms with Crippen molar-refractivity contribution in [1.29, 1.82) is 0 Å². The van der Waals surface area contributed by atoms with E-state index in [1.54, 1.807) is 0 Å². The van der Waals surface area contributed by atoms with Gasteiger partial charge in [0.15, 0.2) is 0 Å². The van der Waals surface area contributed by atoms with Gasteiger partial charge in [0.25, 0.3) is 0 Å². The van der Waals surface area contributed by atoms with Gasteiger partial charge in [0.2, 0.25) is 0 Å². The molecule has 0 saturated carbocycles. The van der Waals surface area contributed by atoms with Crippen molar-refractivity contribution in [3.63, 3.8) is 0 Å². The largest absolute Gasteiger partial charge is 0.383 e. The van der Waals surface area contributed by atoms with Crippen molar-refractivity contribution < 1.29 is 0 Å². The van der Waals surface area contributed by atoms with Gasteiger partial charge in [-0.15, -0.1) is 0 Å². The summed E-state index contributed by atoms with van der Waals surface area (Å²) in [6, 6.07) is 10.2. The minimum Gasteiger partial charge on any atom is -0.383 e. The molecule has 0 aliphatic carbocycles. The van der Waals surface area contributed by atoms with Crippen LogP contribution in [-0.4, -0.2) is 9.97 Å². The van der Waals surface area contributed by atoms with Gasteiger partial charge in [-0.1, -0.05) is 30.3 Å². The van der Waals surface area contributed by atoms with Crippen molar-refractivity contribution in [2.24, 2.45) is 0 Å². The smallest absolute Gasteiger partial charge is 0.135 e.